The number of nitrogens with one attached hydrogen (secondary N) is 1. The highest BCUT2D eigenvalue weighted by Gasteiger charge is 2.21. The Kier molecular flexibility index (Phi) is 3.08. The number of halogens is 1. The first-order valence-corrected chi connectivity index (χ1v) is 7.20. The van der Waals surface area contributed by atoms with E-state index in [9.17, 15) is 4.39 Å². The number of hydrogen-bond acceptors (Lipinski definition) is 2. The zero-order valence-electron chi connectivity index (χ0n) is 10.4. The number of hydrogen-bond donors (Lipinski definition) is 1. The summed E-state index contributed by atoms with van der Waals surface area (Å²) in [5.74, 6) is -0.168. The minimum absolute atomic E-state index is 0.168. The van der Waals surface area contributed by atoms with Crippen molar-refractivity contribution in [3.63, 3.8) is 0 Å². The van der Waals surface area contributed by atoms with Gasteiger partial charge in [0.1, 0.15) is 5.82 Å². The molecule has 1 atom stereocenters. The summed E-state index contributed by atoms with van der Waals surface area (Å²) < 4.78 is 13.4. The van der Waals surface area contributed by atoms with Gasteiger partial charge in [-0.3, -0.25) is 0 Å². The van der Waals surface area contributed by atoms with Crippen LogP contribution >= 0.6 is 11.3 Å². The van der Waals surface area contributed by atoms with Gasteiger partial charge >= 0.3 is 0 Å². The summed E-state index contributed by atoms with van der Waals surface area (Å²) in [7, 11) is 0. The topological polar surface area (TPSA) is 12.0 Å². The standard InChI is InChI=1S/C15H16FNS/c1-10-7-11(16)9-12(8-10)17-14-3-2-4-15-13(14)5-6-18-15/h5-9,14,17H,2-4H2,1H3. The molecule has 1 aromatic heterocycles. The van der Waals surface area contributed by atoms with Crippen LogP contribution in [0.15, 0.2) is 29.6 Å². The van der Waals surface area contributed by atoms with Gasteiger partial charge in [0.05, 0.1) is 6.04 Å². The van der Waals surface area contributed by atoms with Crippen LogP contribution < -0.4 is 5.32 Å². The Morgan fingerprint density at radius 3 is 3.06 bits per heavy atom. The summed E-state index contributed by atoms with van der Waals surface area (Å²) in [5.41, 5.74) is 3.24. The molecular formula is C15H16FNS. The van der Waals surface area contributed by atoms with Crippen molar-refractivity contribution < 1.29 is 4.39 Å². The lowest BCUT2D eigenvalue weighted by Crippen LogP contribution is -2.15. The molecule has 0 spiro atoms. The Balaban J connectivity index is 1.86. The maximum Gasteiger partial charge on any atom is 0.125 e. The summed E-state index contributed by atoms with van der Waals surface area (Å²) in [6.07, 6.45) is 3.52. The van der Waals surface area contributed by atoms with Crippen LogP contribution in [0.2, 0.25) is 0 Å². The first kappa shape index (κ1) is 11.7. The van der Waals surface area contributed by atoms with Crippen molar-refractivity contribution in [1.82, 2.24) is 0 Å². The van der Waals surface area contributed by atoms with Crippen LogP contribution in [0.4, 0.5) is 10.1 Å². The molecule has 1 aliphatic rings. The highest BCUT2D eigenvalue weighted by Crippen LogP contribution is 2.35. The highest BCUT2D eigenvalue weighted by atomic mass is 32.1. The van der Waals surface area contributed by atoms with Crippen molar-refractivity contribution >= 4 is 17.0 Å². The van der Waals surface area contributed by atoms with Crippen molar-refractivity contribution in [1.29, 1.82) is 0 Å². The Hall–Kier alpha value is -1.35. The van der Waals surface area contributed by atoms with Crippen molar-refractivity contribution in [2.24, 2.45) is 0 Å². The van der Waals surface area contributed by atoms with E-state index in [-0.39, 0.29) is 5.82 Å². The molecule has 3 rings (SSSR count). The molecule has 1 unspecified atom stereocenters. The van der Waals surface area contributed by atoms with Crippen molar-refractivity contribution in [3.05, 3.63) is 51.5 Å². The molecule has 1 heterocycles. The number of benzene rings is 1. The van der Waals surface area contributed by atoms with Crippen LogP contribution in [-0.4, -0.2) is 0 Å². The van der Waals surface area contributed by atoms with E-state index >= 15 is 0 Å². The monoisotopic (exact) mass is 261 g/mol. The van der Waals surface area contributed by atoms with Gasteiger partial charge in [-0.15, -0.1) is 11.3 Å². The van der Waals surface area contributed by atoms with Crippen LogP contribution in [0.5, 0.6) is 0 Å². The molecule has 0 amide bonds. The number of fused-ring (bicyclic) bond motifs is 1. The molecule has 1 aromatic carbocycles. The van der Waals surface area contributed by atoms with Crippen molar-refractivity contribution in [3.8, 4) is 0 Å². The second-order valence-electron chi connectivity index (χ2n) is 4.91. The zero-order valence-corrected chi connectivity index (χ0v) is 11.2. The molecule has 0 bridgehead atoms. The van der Waals surface area contributed by atoms with Crippen molar-refractivity contribution in [2.75, 3.05) is 5.32 Å². The van der Waals surface area contributed by atoms with Gasteiger partial charge in [0.25, 0.3) is 0 Å². The lowest BCUT2D eigenvalue weighted by atomic mass is 9.94. The smallest absolute Gasteiger partial charge is 0.125 e. The first-order chi connectivity index (χ1) is 8.72. The minimum Gasteiger partial charge on any atom is -0.378 e. The molecule has 94 valence electrons. The molecule has 0 saturated carbocycles. The summed E-state index contributed by atoms with van der Waals surface area (Å²) in [6, 6.07) is 7.67. The quantitative estimate of drug-likeness (QED) is 0.827. The molecule has 0 aliphatic heterocycles. The lowest BCUT2D eigenvalue weighted by molar-refractivity contribution is 0.605. The zero-order chi connectivity index (χ0) is 12.5. The molecule has 1 nitrogen and oxygen atoms in total. The van der Waals surface area contributed by atoms with Gasteiger partial charge in [-0.05, 0) is 67.0 Å². The van der Waals surface area contributed by atoms with Gasteiger partial charge in [-0.1, -0.05) is 0 Å². The maximum absolute atomic E-state index is 13.4. The van der Waals surface area contributed by atoms with E-state index < -0.39 is 0 Å². The van der Waals surface area contributed by atoms with E-state index in [4.69, 9.17) is 0 Å². The highest BCUT2D eigenvalue weighted by molar-refractivity contribution is 7.10. The third-order valence-electron chi connectivity index (χ3n) is 3.43. The third kappa shape index (κ3) is 2.27. The number of rotatable bonds is 2. The van der Waals surface area contributed by atoms with E-state index in [1.54, 1.807) is 12.1 Å². The Morgan fingerprint density at radius 1 is 1.33 bits per heavy atom. The van der Waals surface area contributed by atoms with Gasteiger partial charge in [0, 0.05) is 10.6 Å². The number of aryl methyl sites for hydroxylation is 2. The molecule has 0 fully saturated rings. The van der Waals surface area contributed by atoms with Crippen LogP contribution in [0.1, 0.15) is 34.9 Å². The van der Waals surface area contributed by atoms with Crippen molar-refractivity contribution in [2.45, 2.75) is 32.2 Å². The second-order valence-corrected chi connectivity index (χ2v) is 5.91. The molecule has 1 aliphatic carbocycles. The second kappa shape index (κ2) is 4.73. The van der Waals surface area contributed by atoms with E-state index in [1.165, 1.54) is 23.3 Å². The minimum atomic E-state index is -0.168. The van der Waals surface area contributed by atoms with Crippen LogP contribution in [-0.2, 0) is 6.42 Å². The molecule has 0 saturated heterocycles. The van der Waals surface area contributed by atoms with Gasteiger partial charge in [0.15, 0.2) is 0 Å². The molecule has 18 heavy (non-hydrogen) atoms. The van der Waals surface area contributed by atoms with E-state index in [1.807, 2.05) is 24.3 Å². The predicted octanol–water partition coefficient (Wildman–Crippen LogP) is 4.69. The predicted molar refractivity (Wildman–Crippen MR) is 74.8 cm³/mol. The molecular weight excluding hydrogens is 245 g/mol. The summed E-state index contributed by atoms with van der Waals surface area (Å²) in [6.45, 7) is 1.92. The molecule has 2 aromatic rings. The molecule has 3 heteroatoms. The molecule has 0 radical (unpaired) electrons. The Labute approximate surface area is 111 Å². The van der Waals surface area contributed by atoms with Crippen LogP contribution in [0, 0.1) is 12.7 Å². The Bertz CT molecular complexity index is 541. The third-order valence-corrected chi connectivity index (χ3v) is 4.43. The summed E-state index contributed by atoms with van der Waals surface area (Å²) >= 11 is 1.83. The molecule has 1 N–H and O–H groups in total. The van der Waals surface area contributed by atoms with E-state index in [0.29, 0.717) is 6.04 Å². The fourth-order valence-corrected chi connectivity index (χ4v) is 3.64. The first-order valence-electron chi connectivity index (χ1n) is 6.32. The van der Waals surface area contributed by atoms with E-state index in [2.05, 4.69) is 16.8 Å². The van der Waals surface area contributed by atoms with Gasteiger partial charge < -0.3 is 5.32 Å². The normalized spacial score (nSPS) is 18.4. The van der Waals surface area contributed by atoms with Gasteiger partial charge in [-0.2, -0.15) is 0 Å². The van der Waals surface area contributed by atoms with Gasteiger partial charge in [-0.25, -0.2) is 4.39 Å². The lowest BCUT2D eigenvalue weighted by Gasteiger charge is -2.25. The fourth-order valence-electron chi connectivity index (χ4n) is 2.66. The number of anilines is 1. The van der Waals surface area contributed by atoms with Gasteiger partial charge in [0.2, 0.25) is 0 Å². The van der Waals surface area contributed by atoms with E-state index in [0.717, 1.165) is 17.7 Å². The fraction of sp³-hybridized carbons (Fsp3) is 0.333. The SMILES string of the molecule is Cc1cc(F)cc(NC2CCCc3sccc32)c1. The number of thiophene rings is 1. The maximum atomic E-state index is 13.4. The van der Waals surface area contributed by atoms with Crippen LogP contribution in [0.25, 0.3) is 0 Å². The Morgan fingerprint density at radius 2 is 2.22 bits per heavy atom. The largest absolute Gasteiger partial charge is 0.378 e. The average Bonchev–Trinajstić information content (AvgIpc) is 2.76. The summed E-state index contributed by atoms with van der Waals surface area (Å²) in [4.78, 5) is 1.48. The van der Waals surface area contributed by atoms with Crippen LogP contribution in [0.3, 0.4) is 0 Å². The summed E-state index contributed by atoms with van der Waals surface area (Å²) in [5, 5.41) is 5.63. The average molecular weight is 261 g/mol.